The van der Waals surface area contributed by atoms with E-state index in [4.69, 9.17) is 0 Å². The molecule has 0 aliphatic rings. The average Bonchev–Trinajstić information content (AvgIpc) is 2.39. The first-order chi connectivity index (χ1) is 9.13. The van der Waals surface area contributed by atoms with Crippen LogP contribution in [0.25, 0.3) is 0 Å². The number of carbonyl (C=O) groups excluding carboxylic acids is 2. The van der Waals surface area contributed by atoms with Crippen LogP contribution in [0.1, 0.15) is 25.3 Å². The molecule has 104 valence electrons. The quantitative estimate of drug-likeness (QED) is 0.686. The number of para-hydroxylation sites is 1. The molecular weight excluding hydrogens is 244 g/mol. The van der Waals surface area contributed by atoms with Crippen molar-refractivity contribution in [3.8, 4) is 5.75 Å². The van der Waals surface area contributed by atoms with Gasteiger partial charge in [0, 0.05) is 13.0 Å². The van der Waals surface area contributed by atoms with E-state index < -0.39 is 0 Å². The van der Waals surface area contributed by atoms with Crippen LogP contribution in [0.15, 0.2) is 24.3 Å². The van der Waals surface area contributed by atoms with Crippen LogP contribution in [0.2, 0.25) is 0 Å². The number of hydrogen-bond donors (Lipinski definition) is 3. The molecule has 1 aromatic rings. The highest BCUT2D eigenvalue weighted by Crippen LogP contribution is 2.15. The summed E-state index contributed by atoms with van der Waals surface area (Å²) in [5.41, 5.74) is 0.790. The molecule has 0 aliphatic heterocycles. The number of amides is 2. The molecule has 1 aromatic carbocycles. The third-order valence-corrected chi connectivity index (χ3v) is 2.63. The van der Waals surface area contributed by atoms with Crippen LogP contribution in [-0.2, 0) is 16.0 Å². The minimum Gasteiger partial charge on any atom is -0.508 e. The Hall–Kier alpha value is -2.04. The maximum atomic E-state index is 11.4. The normalized spacial score (nSPS) is 9.95. The summed E-state index contributed by atoms with van der Waals surface area (Å²) in [6.45, 7) is 2.34. The van der Waals surface area contributed by atoms with Crippen LogP contribution in [0, 0.1) is 0 Å². The Labute approximate surface area is 113 Å². The number of rotatable bonds is 7. The SMILES string of the molecule is CCCC(=O)NCC(=O)NCCc1ccccc1O. The van der Waals surface area contributed by atoms with E-state index in [1.165, 1.54) is 0 Å². The van der Waals surface area contributed by atoms with Gasteiger partial charge in [0.05, 0.1) is 6.54 Å². The van der Waals surface area contributed by atoms with Gasteiger partial charge in [0.15, 0.2) is 0 Å². The van der Waals surface area contributed by atoms with Crippen molar-refractivity contribution < 1.29 is 14.7 Å². The summed E-state index contributed by atoms with van der Waals surface area (Å²) < 4.78 is 0. The van der Waals surface area contributed by atoms with Gasteiger partial charge in [0.1, 0.15) is 5.75 Å². The van der Waals surface area contributed by atoms with Crippen LogP contribution in [0.3, 0.4) is 0 Å². The third kappa shape index (κ3) is 5.90. The molecule has 0 bridgehead atoms. The molecule has 0 radical (unpaired) electrons. The molecule has 0 saturated heterocycles. The Morgan fingerprint density at radius 2 is 1.89 bits per heavy atom. The second-order valence-electron chi connectivity index (χ2n) is 4.26. The van der Waals surface area contributed by atoms with Gasteiger partial charge in [0.2, 0.25) is 11.8 Å². The van der Waals surface area contributed by atoms with Gasteiger partial charge in [-0.1, -0.05) is 25.1 Å². The Bertz CT molecular complexity index is 432. The zero-order chi connectivity index (χ0) is 14.1. The van der Waals surface area contributed by atoms with Crippen molar-refractivity contribution in [3.63, 3.8) is 0 Å². The maximum Gasteiger partial charge on any atom is 0.239 e. The second kappa shape index (κ2) is 8.13. The number of aromatic hydroxyl groups is 1. The number of carbonyl (C=O) groups is 2. The minimum absolute atomic E-state index is 0.000392. The smallest absolute Gasteiger partial charge is 0.239 e. The Kier molecular flexibility index (Phi) is 6.43. The van der Waals surface area contributed by atoms with Gasteiger partial charge in [-0.05, 0) is 24.5 Å². The number of hydrogen-bond acceptors (Lipinski definition) is 3. The van der Waals surface area contributed by atoms with Crippen LogP contribution >= 0.6 is 0 Å². The van der Waals surface area contributed by atoms with E-state index in [1.807, 2.05) is 19.1 Å². The molecule has 0 unspecified atom stereocenters. The van der Waals surface area contributed by atoms with Gasteiger partial charge in [-0.15, -0.1) is 0 Å². The van der Waals surface area contributed by atoms with Crippen molar-refractivity contribution in [2.45, 2.75) is 26.2 Å². The first kappa shape index (κ1) is 15.0. The summed E-state index contributed by atoms with van der Waals surface area (Å²) in [6, 6.07) is 7.01. The molecule has 2 amide bonds. The third-order valence-electron chi connectivity index (χ3n) is 2.63. The lowest BCUT2D eigenvalue weighted by Gasteiger charge is -2.07. The second-order valence-corrected chi connectivity index (χ2v) is 4.26. The predicted molar refractivity (Wildman–Crippen MR) is 72.7 cm³/mol. The van der Waals surface area contributed by atoms with E-state index in [1.54, 1.807) is 12.1 Å². The van der Waals surface area contributed by atoms with Gasteiger partial charge < -0.3 is 15.7 Å². The highest BCUT2D eigenvalue weighted by Gasteiger charge is 2.05. The van der Waals surface area contributed by atoms with Gasteiger partial charge in [0.25, 0.3) is 0 Å². The Balaban J connectivity index is 2.21. The Morgan fingerprint density at radius 1 is 1.16 bits per heavy atom. The molecule has 0 atom stereocenters. The molecule has 0 aliphatic carbocycles. The Morgan fingerprint density at radius 3 is 2.58 bits per heavy atom. The molecule has 5 nitrogen and oxygen atoms in total. The first-order valence-electron chi connectivity index (χ1n) is 6.43. The van der Waals surface area contributed by atoms with Crippen molar-refractivity contribution in [2.75, 3.05) is 13.1 Å². The minimum atomic E-state index is -0.222. The molecule has 3 N–H and O–H groups in total. The number of nitrogens with one attached hydrogen (secondary N) is 2. The average molecular weight is 264 g/mol. The van der Waals surface area contributed by atoms with E-state index >= 15 is 0 Å². The maximum absolute atomic E-state index is 11.4. The van der Waals surface area contributed by atoms with Crippen molar-refractivity contribution in [3.05, 3.63) is 29.8 Å². The van der Waals surface area contributed by atoms with Crippen LogP contribution in [-0.4, -0.2) is 30.0 Å². The molecule has 0 fully saturated rings. The summed E-state index contributed by atoms with van der Waals surface area (Å²) in [4.78, 5) is 22.6. The fourth-order valence-corrected chi connectivity index (χ4v) is 1.62. The van der Waals surface area contributed by atoms with Crippen molar-refractivity contribution in [1.82, 2.24) is 10.6 Å². The zero-order valence-corrected chi connectivity index (χ0v) is 11.1. The topological polar surface area (TPSA) is 78.4 Å². The monoisotopic (exact) mass is 264 g/mol. The van der Waals surface area contributed by atoms with Gasteiger partial charge in [-0.25, -0.2) is 0 Å². The van der Waals surface area contributed by atoms with E-state index in [9.17, 15) is 14.7 Å². The van der Waals surface area contributed by atoms with Gasteiger partial charge in [-0.2, -0.15) is 0 Å². The number of phenols is 1. The lowest BCUT2D eigenvalue weighted by molar-refractivity contribution is -0.126. The van der Waals surface area contributed by atoms with Gasteiger partial charge >= 0.3 is 0 Å². The largest absolute Gasteiger partial charge is 0.508 e. The molecular formula is C14H20N2O3. The summed E-state index contributed by atoms with van der Waals surface area (Å²) in [6.07, 6.45) is 1.76. The lowest BCUT2D eigenvalue weighted by atomic mass is 10.1. The predicted octanol–water partition coefficient (Wildman–Crippen LogP) is 0.967. The standard InChI is InChI=1S/C14H20N2O3/c1-2-5-13(18)16-10-14(19)15-9-8-11-6-3-4-7-12(11)17/h3-4,6-7,17H,2,5,8-10H2,1H3,(H,15,19)(H,16,18). The van der Waals surface area contributed by atoms with E-state index in [0.717, 1.165) is 12.0 Å². The van der Waals surface area contributed by atoms with Crippen LogP contribution < -0.4 is 10.6 Å². The first-order valence-corrected chi connectivity index (χ1v) is 6.43. The van der Waals surface area contributed by atoms with Crippen molar-refractivity contribution in [1.29, 1.82) is 0 Å². The van der Waals surface area contributed by atoms with E-state index in [0.29, 0.717) is 19.4 Å². The zero-order valence-electron chi connectivity index (χ0n) is 11.1. The summed E-state index contributed by atoms with van der Waals surface area (Å²) >= 11 is 0. The fraction of sp³-hybridized carbons (Fsp3) is 0.429. The van der Waals surface area contributed by atoms with Gasteiger partial charge in [-0.3, -0.25) is 9.59 Å². The van der Waals surface area contributed by atoms with Crippen molar-refractivity contribution in [2.24, 2.45) is 0 Å². The van der Waals surface area contributed by atoms with Crippen LogP contribution in [0.5, 0.6) is 5.75 Å². The van der Waals surface area contributed by atoms with E-state index in [2.05, 4.69) is 10.6 Å². The molecule has 0 spiro atoms. The molecule has 0 aromatic heterocycles. The molecule has 0 heterocycles. The summed E-state index contributed by atoms with van der Waals surface area (Å²) in [5.74, 6) is -0.105. The number of phenolic OH excluding ortho intramolecular Hbond substituents is 1. The molecule has 19 heavy (non-hydrogen) atoms. The molecule has 0 saturated carbocycles. The summed E-state index contributed by atoms with van der Waals surface area (Å²) in [5, 5.41) is 14.8. The lowest BCUT2D eigenvalue weighted by Crippen LogP contribution is -2.37. The summed E-state index contributed by atoms with van der Waals surface area (Å²) in [7, 11) is 0. The van der Waals surface area contributed by atoms with E-state index in [-0.39, 0.29) is 24.1 Å². The highest BCUT2D eigenvalue weighted by atomic mass is 16.3. The van der Waals surface area contributed by atoms with Crippen molar-refractivity contribution >= 4 is 11.8 Å². The number of benzene rings is 1. The molecule has 5 heteroatoms. The fourth-order valence-electron chi connectivity index (χ4n) is 1.62. The van der Waals surface area contributed by atoms with Crippen LogP contribution in [0.4, 0.5) is 0 Å². The molecule has 1 rings (SSSR count). The highest BCUT2D eigenvalue weighted by molar-refractivity contribution is 5.84.